The molecule has 6 heteroatoms. The molecular weight excluding hydrogens is 322 g/mol. The van der Waals surface area contributed by atoms with Crippen molar-refractivity contribution in [2.45, 2.75) is 25.9 Å². The number of likely N-dealkylation sites (tertiary alicyclic amines) is 1. The predicted octanol–water partition coefficient (Wildman–Crippen LogP) is 1.93. The van der Waals surface area contributed by atoms with Gasteiger partial charge in [0.25, 0.3) is 0 Å². The molecule has 1 amide bonds. The van der Waals surface area contributed by atoms with Gasteiger partial charge in [0.05, 0.1) is 18.6 Å². The van der Waals surface area contributed by atoms with Crippen LogP contribution in [-0.4, -0.2) is 54.8 Å². The van der Waals surface area contributed by atoms with Crippen LogP contribution in [-0.2, 0) is 25.7 Å². The Morgan fingerprint density at radius 1 is 1.32 bits per heavy atom. The first-order chi connectivity index (χ1) is 12.1. The molecule has 1 aromatic carbocycles. The molecule has 0 radical (unpaired) electrons. The zero-order chi connectivity index (χ0) is 17.7. The third-order valence-corrected chi connectivity index (χ3v) is 5.28. The van der Waals surface area contributed by atoms with Crippen LogP contribution < -0.4 is 0 Å². The first kappa shape index (κ1) is 17.9. The molecule has 2 aliphatic heterocycles. The molecule has 2 fully saturated rings. The van der Waals surface area contributed by atoms with Gasteiger partial charge in [-0.05, 0) is 18.4 Å². The minimum atomic E-state index is -0.822. The second-order valence-corrected chi connectivity index (χ2v) is 6.90. The van der Waals surface area contributed by atoms with Crippen molar-refractivity contribution in [3.05, 3.63) is 35.9 Å². The number of amides is 1. The summed E-state index contributed by atoms with van der Waals surface area (Å²) in [6.45, 7) is 2.73. The van der Waals surface area contributed by atoms with E-state index in [0.717, 1.165) is 5.56 Å². The smallest absolute Gasteiger partial charge is 0.311 e. The fraction of sp³-hybridized carbons (Fsp3) is 0.579. The molecule has 2 atom stereocenters. The second-order valence-electron chi connectivity index (χ2n) is 6.90. The molecule has 2 heterocycles. The van der Waals surface area contributed by atoms with Crippen molar-refractivity contribution in [2.75, 3.05) is 32.9 Å². The number of benzene rings is 1. The monoisotopic (exact) mass is 347 g/mol. The highest BCUT2D eigenvalue weighted by Crippen LogP contribution is 2.42. The van der Waals surface area contributed by atoms with Crippen LogP contribution in [0.15, 0.2) is 30.3 Å². The zero-order valence-corrected chi connectivity index (χ0v) is 14.4. The van der Waals surface area contributed by atoms with Crippen LogP contribution in [0.25, 0.3) is 0 Å². The zero-order valence-electron chi connectivity index (χ0n) is 14.4. The maximum absolute atomic E-state index is 12.4. The summed E-state index contributed by atoms with van der Waals surface area (Å²) in [7, 11) is 0. The van der Waals surface area contributed by atoms with Crippen molar-refractivity contribution in [3.63, 3.8) is 0 Å². The van der Waals surface area contributed by atoms with E-state index in [0.29, 0.717) is 58.8 Å². The molecule has 0 aliphatic carbocycles. The number of fused-ring (bicyclic) bond motifs is 1. The van der Waals surface area contributed by atoms with E-state index in [1.165, 1.54) is 0 Å². The summed E-state index contributed by atoms with van der Waals surface area (Å²) in [5, 5.41) is 9.64. The predicted molar refractivity (Wildman–Crippen MR) is 90.9 cm³/mol. The number of hydrogen-bond donors (Lipinski definition) is 1. The van der Waals surface area contributed by atoms with E-state index in [2.05, 4.69) is 0 Å². The minimum Gasteiger partial charge on any atom is -0.481 e. The van der Waals surface area contributed by atoms with Gasteiger partial charge in [-0.1, -0.05) is 30.3 Å². The summed E-state index contributed by atoms with van der Waals surface area (Å²) < 4.78 is 11.0. The maximum atomic E-state index is 12.4. The standard InChI is InChI=1S/C19H25NO5/c21-17(7-4-9-24-12-15-5-2-1-3-6-15)20-11-16-13-25-10-8-19(16,14-20)18(22)23/h1-3,5-6,16H,4,7-14H2,(H,22,23)/t16-,19+/m0/s1. The van der Waals surface area contributed by atoms with Gasteiger partial charge < -0.3 is 19.5 Å². The van der Waals surface area contributed by atoms with Gasteiger partial charge in [-0.3, -0.25) is 9.59 Å². The molecule has 0 aromatic heterocycles. The number of carboxylic acids is 1. The average molecular weight is 347 g/mol. The number of carbonyl (C=O) groups is 2. The average Bonchev–Trinajstić information content (AvgIpc) is 3.03. The van der Waals surface area contributed by atoms with Crippen LogP contribution in [0.4, 0.5) is 0 Å². The number of carboxylic acid groups (broad SMARTS) is 1. The number of rotatable bonds is 7. The van der Waals surface area contributed by atoms with Crippen LogP contribution in [0.1, 0.15) is 24.8 Å². The van der Waals surface area contributed by atoms with Crippen molar-refractivity contribution >= 4 is 11.9 Å². The molecule has 1 N–H and O–H groups in total. The number of nitrogens with zero attached hydrogens (tertiary/aromatic N) is 1. The van der Waals surface area contributed by atoms with E-state index in [-0.39, 0.29) is 11.8 Å². The first-order valence-corrected chi connectivity index (χ1v) is 8.82. The van der Waals surface area contributed by atoms with E-state index in [1.54, 1.807) is 4.90 Å². The van der Waals surface area contributed by atoms with Crippen molar-refractivity contribution in [1.29, 1.82) is 0 Å². The summed E-state index contributed by atoms with van der Waals surface area (Å²) in [5.74, 6) is -0.891. The first-order valence-electron chi connectivity index (χ1n) is 8.82. The van der Waals surface area contributed by atoms with Gasteiger partial charge >= 0.3 is 5.97 Å². The van der Waals surface area contributed by atoms with E-state index < -0.39 is 11.4 Å². The SMILES string of the molecule is O=C(CCCOCc1ccccc1)N1C[C@H]2COCC[C@@]2(C(=O)O)C1. The lowest BCUT2D eigenvalue weighted by Gasteiger charge is -2.33. The molecule has 6 nitrogen and oxygen atoms in total. The fourth-order valence-electron chi connectivity index (χ4n) is 3.74. The van der Waals surface area contributed by atoms with Crippen LogP contribution in [0.5, 0.6) is 0 Å². The molecule has 2 aliphatic rings. The normalized spacial score (nSPS) is 25.6. The topological polar surface area (TPSA) is 76.1 Å². The van der Waals surface area contributed by atoms with E-state index in [4.69, 9.17) is 9.47 Å². The van der Waals surface area contributed by atoms with Gasteiger partial charge in [0.2, 0.25) is 5.91 Å². The minimum absolute atomic E-state index is 0.0123. The fourth-order valence-corrected chi connectivity index (χ4v) is 3.74. The van der Waals surface area contributed by atoms with Gasteiger partial charge in [-0.2, -0.15) is 0 Å². The van der Waals surface area contributed by atoms with E-state index in [9.17, 15) is 14.7 Å². The van der Waals surface area contributed by atoms with Gasteiger partial charge in [0.15, 0.2) is 0 Å². The molecule has 2 saturated heterocycles. The lowest BCUT2D eigenvalue weighted by Crippen LogP contribution is -2.45. The summed E-state index contributed by atoms with van der Waals surface area (Å²) in [5.41, 5.74) is 0.290. The van der Waals surface area contributed by atoms with Gasteiger partial charge in [0.1, 0.15) is 0 Å². The molecular formula is C19H25NO5. The Balaban J connectivity index is 1.42. The Kier molecular flexibility index (Phi) is 5.71. The molecule has 136 valence electrons. The van der Waals surface area contributed by atoms with Gasteiger partial charge in [-0.15, -0.1) is 0 Å². The van der Waals surface area contributed by atoms with Crippen molar-refractivity contribution in [2.24, 2.45) is 11.3 Å². The number of carbonyl (C=O) groups excluding carboxylic acids is 1. The summed E-state index contributed by atoms with van der Waals surface area (Å²) in [6, 6.07) is 9.91. The highest BCUT2D eigenvalue weighted by molar-refractivity contribution is 5.81. The molecule has 25 heavy (non-hydrogen) atoms. The second kappa shape index (κ2) is 7.97. The highest BCUT2D eigenvalue weighted by atomic mass is 16.5. The molecule has 0 spiro atoms. The Morgan fingerprint density at radius 2 is 2.12 bits per heavy atom. The van der Waals surface area contributed by atoms with E-state index in [1.807, 2.05) is 30.3 Å². The number of aliphatic carboxylic acids is 1. The molecule has 0 bridgehead atoms. The molecule has 1 aromatic rings. The molecule has 0 unspecified atom stereocenters. The van der Waals surface area contributed by atoms with Gasteiger partial charge in [-0.25, -0.2) is 0 Å². The summed E-state index contributed by atoms with van der Waals surface area (Å²) >= 11 is 0. The third kappa shape index (κ3) is 4.02. The lowest BCUT2D eigenvalue weighted by molar-refractivity contribution is -0.157. The third-order valence-electron chi connectivity index (χ3n) is 5.28. The maximum Gasteiger partial charge on any atom is 0.311 e. The Hall–Kier alpha value is -1.92. The largest absolute Gasteiger partial charge is 0.481 e. The van der Waals surface area contributed by atoms with Crippen molar-refractivity contribution < 1.29 is 24.2 Å². The Bertz CT molecular complexity index is 605. The van der Waals surface area contributed by atoms with Crippen LogP contribution in [0.2, 0.25) is 0 Å². The van der Waals surface area contributed by atoms with E-state index >= 15 is 0 Å². The van der Waals surface area contributed by atoms with Crippen LogP contribution >= 0.6 is 0 Å². The highest BCUT2D eigenvalue weighted by Gasteiger charge is 2.54. The lowest BCUT2D eigenvalue weighted by atomic mass is 9.74. The number of ether oxygens (including phenoxy) is 2. The van der Waals surface area contributed by atoms with Crippen molar-refractivity contribution in [1.82, 2.24) is 4.90 Å². The summed E-state index contributed by atoms with van der Waals surface area (Å²) in [6.07, 6.45) is 1.51. The Labute approximate surface area is 147 Å². The van der Waals surface area contributed by atoms with Crippen LogP contribution in [0, 0.1) is 11.3 Å². The number of hydrogen-bond acceptors (Lipinski definition) is 4. The molecule has 0 saturated carbocycles. The molecule has 3 rings (SSSR count). The van der Waals surface area contributed by atoms with Crippen molar-refractivity contribution in [3.8, 4) is 0 Å². The van der Waals surface area contributed by atoms with Crippen LogP contribution in [0.3, 0.4) is 0 Å². The quantitative estimate of drug-likeness (QED) is 0.763. The Morgan fingerprint density at radius 3 is 2.84 bits per heavy atom. The summed E-state index contributed by atoms with van der Waals surface area (Å²) in [4.78, 5) is 25.9. The van der Waals surface area contributed by atoms with Gasteiger partial charge in [0, 0.05) is 38.6 Å².